The summed E-state index contributed by atoms with van der Waals surface area (Å²) < 4.78 is 12.8. The number of halogens is 3. The van der Waals surface area contributed by atoms with Gasteiger partial charge in [-0.1, -0.05) is 23.2 Å². The molecule has 0 bridgehead atoms. The smallest absolute Gasteiger partial charge is 0.246 e. The highest BCUT2D eigenvalue weighted by molar-refractivity contribution is 6.36. The maximum Gasteiger partial charge on any atom is 0.246 e. The van der Waals surface area contributed by atoms with Crippen LogP contribution in [0.25, 0.3) is 6.08 Å². The zero-order valence-corrected chi connectivity index (χ0v) is 14.4. The van der Waals surface area contributed by atoms with Gasteiger partial charge in [0.25, 0.3) is 0 Å². The summed E-state index contributed by atoms with van der Waals surface area (Å²) in [4.78, 5) is 17.7. The highest BCUT2D eigenvalue weighted by Crippen LogP contribution is 2.46. The molecule has 1 aliphatic heterocycles. The lowest BCUT2D eigenvalue weighted by Crippen LogP contribution is -2.35. The molecule has 25 heavy (non-hydrogen) atoms. The Morgan fingerprint density at radius 2 is 1.88 bits per heavy atom. The number of hydrogen-bond donors (Lipinski definition) is 2. The van der Waals surface area contributed by atoms with E-state index in [4.69, 9.17) is 23.2 Å². The summed E-state index contributed by atoms with van der Waals surface area (Å²) in [6.07, 6.45) is 4.29. The van der Waals surface area contributed by atoms with Gasteiger partial charge < -0.3 is 15.1 Å². The average molecular weight is 383 g/mol. The van der Waals surface area contributed by atoms with Gasteiger partial charge in [0.15, 0.2) is 11.5 Å². The molecule has 0 radical (unpaired) electrons. The summed E-state index contributed by atoms with van der Waals surface area (Å²) in [7, 11) is 0. The Bertz CT molecular complexity index is 869. The number of phenolic OH excluding ortho intramolecular Hbond substituents is 2. The highest BCUT2D eigenvalue weighted by Gasteiger charge is 2.28. The van der Waals surface area contributed by atoms with Gasteiger partial charge in [-0.15, -0.1) is 0 Å². The summed E-state index contributed by atoms with van der Waals surface area (Å²) in [6.45, 7) is 0.537. The molecule has 0 atom stereocenters. The predicted octanol–water partition coefficient (Wildman–Crippen LogP) is 3.54. The molecule has 1 amide bonds. The van der Waals surface area contributed by atoms with E-state index in [-0.39, 0.29) is 22.5 Å². The fraction of sp³-hybridized carbons (Fsp3) is 0.176. The van der Waals surface area contributed by atoms with Gasteiger partial charge in [0.2, 0.25) is 5.91 Å². The second kappa shape index (κ2) is 6.90. The third kappa shape index (κ3) is 3.41. The Hall–Kier alpha value is -2.31. The van der Waals surface area contributed by atoms with Crippen molar-refractivity contribution in [1.29, 1.82) is 0 Å². The number of pyridine rings is 1. The summed E-state index contributed by atoms with van der Waals surface area (Å²) in [5.41, 5.74) is 1.58. The quantitative estimate of drug-likeness (QED) is 0.615. The number of carbonyl (C=O) groups excluding carboxylic acids is 1. The summed E-state index contributed by atoms with van der Waals surface area (Å²) >= 11 is 12.1. The summed E-state index contributed by atoms with van der Waals surface area (Å²) in [5.74, 6) is -1.68. The third-order valence-corrected chi connectivity index (χ3v) is 4.79. The van der Waals surface area contributed by atoms with Gasteiger partial charge in [-0.2, -0.15) is 0 Å². The van der Waals surface area contributed by atoms with Crippen LogP contribution in [0.15, 0.2) is 24.4 Å². The van der Waals surface area contributed by atoms with Crippen molar-refractivity contribution >= 4 is 35.2 Å². The van der Waals surface area contributed by atoms with Gasteiger partial charge in [-0.25, -0.2) is 4.39 Å². The zero-order chi connectivity index (χ0) is 18.1. The summed E-state index contributed by atoms with van der Waals surface area (Å²) in [5, 5.41) is 19.6. The Labute approximate surface area is 152 Å². The number of aromatic nitrogens is 1. The molecule has 1 aliphatic rings. The molecular formula is C17H13Cl2FN2O3. The van der Waals surface area contributed by atoms with Crippen LogP contribution in [0.2, 0.25) is 10.0 Å². The monoisotopic (exact) mass is 382 g/mol. The molecule has 0 saturated carbocycles. The Balaban J connectivity index is 1.80. The molecule has 0 fully saturated rings. The number of hydrogen-bond acceptors (Lipinski definition) is 4. The Morgan fingerprint density at radius 3 is 2.52 bits per heavy atom. The van der Waals surface area contributed by atoms with E-state index < -0.39 is 17.3 Å². The van der Waals surface area contributed by atoms with E-state index in [1.807, 2.05) is 0 Å². The highest BCUT2D eigenvalue weighted by atomic mass is 35.5. The van der Waals surface area contributed by atoms with Crippen LogP contribution in [-0.4, -0.2) is 32.5 Å². The van der Waals surface area contributed by atoms with E-state index in [1.165, 1.54) is 29.2 Å². The van der Waals surface area contributed by atoms with E-state index in [1.54, 1.807) is 0 Å². The molecule has 0 saturated heterocycles. The largest absolute Gasteiger partial charge is 0.503 e. The van der Waals surface area contributed by atoms with Crippen LogP contribution < -0.4 is 0 Å². The topological polar surface area (TPSA) is 73.7 Å². The van der Waals surface area contributed by atoms with Gasteiger partial charge in [0.05, 0.1) is 21.9 Å². The average Bonchev–Trinajstić information content (AvgIpc) is 2.63. The van der Waals surface area contributed by atoms with Crippen molar-refractivity contribution in [3.8, 4) is 11.5 Å². The van der Waals surface area contributed by atoms with Crippen LogP contribution in [-0.2, 0) is 17.8 Å². The molecule has 2 heterocycles. The van der Waals surface area contributed by atoms with E-state index in [9.17, 15) is 19.4 Å². The standard InChI is InChI=1S/C17H13Cl2FN2O3/c18-14-11-5-6-22(8-12(11)15(19)17(25)16(14)24)13(23)4-3-10-2-1-9(20)7-21-10/h1-4,7,24-25H,5-6,8H2. The number of aromatic hydroxyl groups is 2. The van der Waals surface area contributed by atoms with Gasteiger partial charge in [0.1, 0.15) is 5.82 Å². The van der Waals surface area contributed by atoms with Crippen LogP contribution >= 0.6 is 23.2 Å². The normalized spacial score (nSPS) is 14.0. The minimum atomic E-state index is -0.495. The van der Waals surface area contributed by atoms with Crippen molar-refractivity contribution in [2.45, 2.75) is 13.0 Å². The molecule has 0 spiro atoms. The zero-order valence-electron chi connectivity index (χ0n) is 12.8. The van der Waals surface area contributed by atoms with Gasteiger partial charge in [0, 0.05) is 19.2 Å². The number of rotatable bonds is 2. The summed E-state index contributed by atoms with van der Waals surface area (Å²) in [6, 6.07) is 2.72. The molecule has 2 aromatic rings. The minimum absolute atomic E-state index is 0.0152. The molecule has 1 aromatic carbocycles. The van der Waals surface area contributed by atoms with Gasteiger partial charge in [-0.05, 0) is 35.8 Å². The van der Waals surface area contributed by atoms with Crippen molar-refractivity contribution in [3.63, 3.8) is 0 Å². The molecule has 0 aliphatic carbocycles. The second-order valence-corrected chi connectivity index (χ2v) is 6.28. The van der Waals surface area contributed by atoms with Crippen molar-refractivity contribution in [1.82, 2.24) is 9.88 Å². The molecule has 130 valence electrons. The number of amides is 1. The van der Waals surface area contributed by atoms with E-state index in [0.717, 1.165) is 6.20 Å². The first kappa shape index (κ1) is 17.5. The van der Waals surface area contributed by atoms with Crippen LogP contribution in [0, 0.1) is 5.82 Å². The first-order valence-corrected chi connectivity index (χ1v) is 8.13. The van der Waals surface area contributed by atoms with Crippen LogP contribution in [0.3, 0.4) is 0 Å². The van der Waals surface area contributed by atoms with Crippen molar-refractivity contribution < 1.29 is 19.4 Å². The second-order valence-electron chi connectivity index (χ2n) is 5.53. The number of phenols is 2. The molecular weight excluding hydrogens is 370 g/mol. The number of nitrogens with zero attached hydrogens (tertiary/aromatic N) is 2. The SMILES string of the molecule is O=C(C=Cc1ccc(F)cn1)N1CCc2c(Cl)c(O)c(O)c(Cl)c2C1. The van der Waals surface area contributed by atoms with Crippen molar-refractivity contribution in [2.75, 3.05) is 6.54 Å². The van der Waals surface area contributed by atoms with Gasteiger partial charge in [-0.3, -0.25) is 9.78 Å². The molecule has 5 nitrogen and oxygen atoms in total. The first-order valence-electron chi connectivity index (χ1n) is 7.37. The molecule has 8 heteroatoms. The third-order valence-electron chi connectivity index (χ3n) is 3.97. The number of fused-ring (bicyclic) bond motifs is 1. The van der Waals surface area contributed by atoms with Crippen LogP contribution in [0.4, 0.5) is 4.39 Å². The molecule has 1 aromatic heterocycles. The van der Waals surface area contributed by atoms with E-state index >= 15 is 0 Å². The molecule has 2 N–H and O–H groups in total. The molecule has 0 unspecified atom stereocenters. The van der Waals surface area contributed by atoms with Crippen molar-refractivity contribution in [3.05, 3.63) is 57.1 Å². The van der Waals surface area contributed by atoms with Gasteiger partial charge >= 0.3 is 0 Å². The minimum Gasteiger partial charge on any atom is -0.503 e. The predicted molar refractivity (Wildman–Crippen MR) is 92.1 cm³/mol. The lowest BCUT2D eigenvalue weighted by atomic mass is 9.98. The Kier molecular flexibility index (Phi) is 4.83. The van der Waals surface area contributed by atoms with E-state index in [0.29, 0.717) is 29.8 Å². The van der Waals surface area contributed by atoms with Crippen molar-refractivity contribution in [2.24, 2.45) is 0 Å². The lowest BCUT2D eigenvalue weighted by Gasteiger charge is -2.29. The van der Waals surface area contributed by atoms with E-state index in [2.05, 4.69) is 4.98 Å². The fourth-order valence-corrected chi connectivity index (χ4v) is 3.20. The maximum absolute atomic E-state index is 12.8. The van der Waals surface area contributed by atoms with Crippen LogP contribution in [0.1, 0.15) is 16.8 Å². The number of carbonyl (C=O) groups is 1. The fourth-order valence-electron chi connectivity index (χ4n) is 2.64. The Morgan fingerprint density at radius 1 is 1.20 bits per heavy atom. The maximum atomic E-state index is 12.8. The molecule has 3 rings (SSSR count). The van der Waals surface area contributed by atoms with Crippen LogP contribution in [0.5, 0.6) is 11.5 Å². The number of benzene rings is 1. The first-order chi connectivity index (χ1) is 11.9. The lowest BCUT2D eigenvalue weighted by molar-refractivity contribution is -0.126.